The molecule has 2 aromatic carbocycles. The fraction of sp³-hybridized carbons (Fsp3) is 0.517. The number of anilines is 1. The Morgan fingerprint density at radius 3 is 2.25 bits per heavy atom. The number of rotatable bonds is 6. The summed E-state index contributed by atoms with van der Waals surface area (Å²) < 4.78 is 21.0. The van der Waals surface area contributed by atoms with Crippen LogP contribution in [0.15, 0.2) is 54.6 Å². The Kier molecular flexibility index (Phi) is 8.51. The largest absolute Gasteiger partial charge is 1.00 e. The Morgan fingerprint density at radius 1 is 0.944 bits per heavy atom. The van der Waals surface area contributed by atoms with Gasteiger partial charge in [-0.15, -0.1) is 0 Å². The van der Waals surface area contributed by atoms with Crippen LogP contribution in [0.1, 0.15) is 56.9 Å². The van der Waals surface area contributed by atoms with Crippen LogP contribution in [-0.4, -0.2) is 48.6 Å². The summed E-state index contributed by atoms with van der Waals surface area (Å²) in [5.41, 5.74) is 0.710. The van der Waals surface area contributed by atoms with Crippen molar-refractivity contribution in [3.63, 3.8) is 0 Å². The van der Waals surface area contributed by atoms with Crippen LogP contribution in [0.2, 0.25) is 0 Å². The third-order valence-electron chi connectivity index (χ3n) is 8.60. The minimum Gasteiger partial charge on any atom is -1.00 e. The van der Waals surface area contributed by atoms with Crippen LogP contribution < -0.4 is 22.3 Å². The molecule has 194 valence electrons. The average Bonchev–Trinajstić information content (AvgIpc) is 3.14. The third-order valence-corrected chi connectivity index (χ3v) is 8.60. The van der Waals surface area contributed by atoms with Gasteiger partial charge in [0.2, 0.25) is 0 Å². The smallest absolute Gasteiger partial charge is 0.317 e. The molecule has 3 aliphatic heterocycles. The van der Waals surface area contributed by atoms with Crippen molar-refractivity contribution in [2.75, 3.05) is 31.5 Å². The summed E-state index contributed by atoms with van der Waals surface area (Å²) in [5, 5.41) is 2.74. The first-order chi connectivity index (χ1) is 17.0. The minimum atomic E-state index is -0.573. The van der Waals surface area contributed by atoms with E-state index in [2.05, 4.69) is 17.4 Å². The van der Waals surface area contributed by atoms with Crippen molar-refractivity contribution in [2.24, 2.45) is 5.92 Å². The van der Waals surface area contributed by atoms with Crippen LogP contribution in [0.4, 0.5) is 10.1 Å². The quantitative estimate of drug-likeness (QED) is 0.336. The molecule has 0 spiro atoms. The van der Waals surface area contributed by atoms with E-state index in [1.54, 1.807) is 18.2 Å². The van der Waals surface area contributed by atoms with Gasteiger partial charge in [0.15, 0.2) is 12.6 Å². The van der Waals surface area contributed by atoms with E-state index < -0.39 is 11.2 Å². The van der Waals surface area contributed by atoms with E-state index in [0.29, 0.717) is 16.9 Å². The summed E-state index contributed by atoms with van der Waals surface area (Å²) in [6, 6.07) is 16.4. The second-order valence-electron chi connectivity index (χ2n) is 10.8. The van der Waals surface area contributed by atoms with Crippen molar-refractivity contribution < 1.29 is 40.2 Å². The summed E-state index contributed by atoms with van der Waals surface area (Å²) in [7, 11) is 0. The Labute approximate surface area is 223 Å². The van der Waals surface area contributed by atoms with Gasteiger partial charge in [-0.3, -0.25) is 9.59 Å². The normalized spacial score (nSPS) is 26.8. The summed E-state index contributed by atoms with van der Waals surface area (Å²) in [6.45, 7) is 2.73. The Bertz CT molecular complexity index is 1050. The van der Waals surface area contributed by atoms with Crippen LogP contribution in [0.5, 0.6) is 0 Å². The zero-order valence-corrected chi connectivity index (χ0v) is 22.4. The molecule has 3 heterocycles. The number of nitrogens with one attached hydrogen (secondary N) is 1. The van der Waals surface area contributed by atoms with Gasteiger partial charge in [-0.05, 0) is 30.5 Å². The first-order valence-corrected chi connectivity index (χ1v) is 13.2. The van der Waals surface area contributed by atoms with Crippen molar-refractivity contribution in [1.82, 2.24) is 0 Å². The number of carbonyl (C=O) groups excluding carboxylic acids is 2. The zero-order chi connectivity index (χ0) is 24.3. The first-order valence-electron chi connectivity index (χ1n) is 13.2. The van der Waals surface area contributed by atoms with Gasteiger partial charge in [-0.1, -0.05) is 68.1 Å². The highest BCUT2D eigenvalue weighted by Crippen LogP contribution is 2.42. The lowest BCUT2D eigenvalue weighted by Gasteiger charge is -2.52. The molecule has 4 aliphatic rings. The highest BCUT2D eigenvalue weighted by atomic mass is 79.9. The molecule has 6 rings (SSSR count). The third kappa shape index (κ3) is 5.52. The van der Waals surface area contributed by atoms with Gasteiger partial charge in [-0.25, -0.2) is 4.39 Å². The van der Waals surface area contributed by atoms with Crippen molar-refractivity contribution in [3.8, 4) is 0 Å². The van der Waals surface area contributed by atoms with E-state index in [-0.39, 0.29) is 47.2 Å². The molecule has 1 atom stereocenters. The molecule has 36 heavy (non-hydrogen) atoms. The Morgan fingerprint density at radius 2 is 1.58 bits per heavy atom. The molecule has 1 N–H and O–H groups in total. The summed E-state index contributed by atoms with van der Waals surface area (Å²) in [4.78, 5) is 26.7. The SMILES string of the molecule is O=C(C[N+]12CCC(CC1)[C@@H](OC(=O)C1(c3ccccc3)CCCCCC1)C2)Nc1ccccc1F.[Br-]. The number of ether oxygens (including phenoxy) is 1. The number of para-hydroxylation sites is 1. The topological polar surface area (TPSA) is 55.4 Å². The molecule has 5 nitrogen and oxygen atoms in total. The van der Waals surface area contributed by atoms with Crippen molar-refractivity contribution in [2.45, 2.75) is 62.9 Å². The number of nitrogens with zero attached hydrogens (tertiary/aromatic N) is 1. The van der Waals surface area contributed by atoms with Gasteiger partial charge < -0.3 is 31.5 Å². The summed E-state index contributed by atoms with van der Waals surface area (Å²) in [6.07, 6.45) is 7.77. The Hall–Kier alpha value is -2.25. The molecule has 1 saturated carbocycles. The lowest BCUT2D eigenvalue weighted by Crippen LogP contribution is -3.00. The number of hydrogen-bond acceptors (Lipinski definition) is 3. The van der Waals surface area contributed by atoms with Crippen molar-refractivity contribution in [3.05, 3.63) is 66.0 Å². The van der Waals surface area contributed by atoms with Gasteiger partial charge in [0.1, 0.15) is 12.4 Å². The fourth-order valence-electron chi connectivity index (χ4n) is 6.58. The number of hydrogen-bond donors (Lipinski definition) is 1. The molecule has 0 aromatic heterocycles. The fourth-order valence-corrected chi connectivity index (χ4v) is 6.58. The molecule has 2 aromatic rings. The van der Waals surface area contributed by atoms with Crippen LogP contribution in [0.3, 0.4) is 0 Å². The second-order valence-corrected chi connectivity index (χ2v) is 10.8. The molecule has 0 unspecified atom stereocenters. The number of esters is 1. The van der Waals surface area contributed by atoms with E-state index >= 15 is 0 Å². The van der Waals surface area contributed by atoms with Gasteiger partial charge in [0, 0.05) is 18.8 Å². The van der Waals surface area contributed by atoms with Gasteiger partial charge >= 0.3 is 5.97 Å². The lowest BCUT2D eigenvalue weighted by molar-refractivity contribution is -0.939. The van der Waals surface area contributed by atoms with Gasteiger partial charge in [0.25, 0.3) is 5.91 Å². The Balaban J connectivity index is 0.00000304. The molecule has 1 aliphatic carbocycles. The molecule has 7 heteroatoms. The maximum absolute atomic E-state index is 14.0. The van der Waals surface area contributed by atoms with E-state index in [4.69, 9.17) is 4.74 Å². The van der Waals surface area contributed by atoms with E-state index in [1.807, 2.05) is 18.2 Å². The highest BCUT2D eigenvalue weighted by Gasteiger charge is 2.51. The molecular formula is C29H36BrFN2O3. The van der Waals surface area contributed by atoms with E-state index in [0.717, 1.165) is 70.0 Å². The minimum absolute atomic E-state index is 0. The number of carbonyl (C=O) groups is 2. The van der Waals surface area contributed by atoms with E-state index in [9.17, 15) is 14.0 Å². The first kappa shape index (κ1) is 26.8. The lowest BCUT2D eigenvalue weighted by atomic mass is 9.74. The number of amides is 1. The molecule has 2 bridgehead atoms. The van der Waals surface area contributed by atoms with Gasteiger partial charge in [0.05, 0.1) is 24.2 Å². The van der Waals surface area contributed by atoms with Crippen LogP contribution in [0.25, 0.3) is 0 Å². The maximum atomic E-state index is 14.0. The molecule has 3 saturated heterocycles. The monoisotopic (exact) mass is 558 g/mol. The molecule has 0 radical (unpaired) electrons. The zero-order valence-electron chi connectivity index (χ0n) is 20.8. The van der Waals surface area contributed by atoms with Crippen LogP contribution in [0, 0.1) is 11.7 Å². The van der Waals surface area contributed by atoms with E-state index in [1.165, 1.54) is 6.07 Å². The summed E-state index contributed by atoms with van der Waals surface area (Å²) >= 11 is 0. The number of halogens is 2. The van der Waals surface area contributed by atoms with Crippen molar-refractivity contribution >= 4 is 17.6 Å². The number of piperidine rings is 3. The number of quaternary nitrogens is 1. The molecular weight excluding hydrogens is 523 g/mol. The highest BCUT2D eigenvalue weighted by molar-refractivity contribution is 5.91. The predicted octanol–water partition coefficient (Wildman–Crippen LogP) is 2.21. The second kappa shape index (κ2) is 11.4. The van der Waals surface area contributed by atoms with Gasteiger partial charge in [-0.2, -0.15) is 0 Å². The van der Waals surface area contributed by atoms with Crippen LogP contribution >= 0.6 is 0 Å². The summed E-state index contributed by atoms with van der Waals surface area (Å²) in [5.74, 6) is -0.352. The predicted molar refractivity (Wildman–Crippen MR) is 133 cm³/mol. The molecule has 1 amide bonds. The number of fused-ring (bicyclic) bond motifs is 3. The number of benzene rings is 2. The van der Waals surface area contributed by atoms with Crippen molar-refractivity contribution in [1.29, 1.82) is 0 Å². The maximum Gasteiger partial charge on any atom is 0.317 e. The standard InChI is InChI=1S/C29H35FN2O3.BrH/c30-24-12-6-7-13-25(24)31-27(33)21-32-18-14-22(15-19-32)26(20-32)35-28(34)29(16-8-1-2-9-17-29)23-10-4-3-5-11-23;/h3-7,10-13,22,26H,1-2,8-9,14-21H2;1H/t22?,26-,32?;/m0./s1. The average molecular weight is 560 g/mol. The van der Waals surface area contributed by atoms with Crippen LogP contribution in [-0.2, 0) is 19.7 Å². The molecule has 4 fully saturated rings.